The molecule has 0 amide bonds. The van der Waals surface area contributed by atoms with Crippen molar-refractivity contribution in [1.29, 1.82) is 0 Å². The van der Waals surface area contributed by atoms with Crippen LogP contribution in [0.2, 0.25) is 0 Å². The van der Waals surface area contributed by atoms with Gasteiger partial charge in [-0.1, -0.05) is 30.3 Å². The predicted molar refractivity (Wildman–Crippen MR) is 145 cm³/mol. The summed E-state index contributed by atoms with van der Waals surface area (Å²) in [6.45, 7) is 0. The molecule has 0 aliphatic rings. The molecule has 0 fully saturated rings. The Kier molecular flexibility index (Phi) is 5.38. The second kappa shape index (κ2) is 9.19. The van der Waals surface area contributed by atoms with Crippen LogP contribution in [0.15, 0.2) is 96.2 Å². The first-order valence-corrected chi connectivity index (χ1v) is 12.1. The number of aliphatic hydroxyl groups excluding tert-OH is 1. The number of aromatic amines is 2. The van der Waals surface area contributed by atoms with Crippen molar-refractivity contribution in [3.8, 4) is 33.9 Å². The van der Waals surface area contributed by atoms with Gasteiger partial charge in [-0.05, 0) is 35.9 Å². The molecule has 0 aliphatic heterocycles. The minimum atomic E-state index is -0.919. The normalized spacial score (nSPS) is 12.3. The average Bonchev–Trinajstić information content (AvgIpc) is 3.73. The van der Waals surface area contributed by atoms with Crippen LogP contribution < -0.4 is 5.32 Å². The SMILES string of the molecule is OC(Nc1cncc(-c2cc(F)c3n[nH]c(-c4nc5c(-c6ccoc6)nccc5[nH]4)c3c2)c1)c1ccccc1. The quantitative estimate of drug-likeness (QED) is 0.197. The molecular weight excluding hydrogens is 497 g/mol. The smallest absolute Gasteiger partial charge is 0.157 e. The molecule has 0 radical (unpaired) electrons. The zero-order valence-electron chi connectivity index (χ0n) is 20.3. The van der Waals surface area contributed by atoms with Gasteiger partial charge in [-0.3, -0.25) is 15.1 Å². The van der Waals surface area contributed by atoms with Gasteiger partial charge in [-0.2, -0.15) is 5.10 Å². The third kappa shape index (κ3) is 4.09. The van der Waals surface area contributed by atoms with Crippen molar-refractivity contribution in [2.75, 3.05) is 5.32 Å². The zero-order valence-corrected chi connectivity index (χ0v) is 20.3. The number of anilines is 1. The van der Waals surface area contributed by atoms with Gasteiger partial charge >= 0.3 is 0 Å². The number of aliphatic hydroxyl groups is 1. The van der Waals surface area contributed by atoms with Crippen LogP contribution in [0.3, 0.4) is 0 Å². The molecule has 190 valence electrons. The Morgan fingerprint density at radius 1 is 0.949 bits per heavy atom. The van der Waals surface area contributed by atoms with Crippen molar-refractivity contribution in [2.24, 2.45) is 0 Å². The number of furan rings is 1. The summed E-state index contributed by atoms with van der Waals surface area (Å²) in [5.74, 6) is 0.0193. The van der Waals surface area contributed by atoms with Gasteiger partial charge in [0.2, 0.25) is 0 Å². The standard InChI is InChI=1S/C29H20FN7O2/c30-22-12-18(19-10-20(14-31-13-19)33-29(38)16-4-2-1-3-5-16)11-21-25(22)36-37-26(21)28-34-23-6-8-32-24(27(23)35-28)17-7-9-39-15-17/h1-15,29,33,38H,(H,34,35)(H,36,37). The van der Waals surface area contributed by atoms with Gasteiger partial charge in [0, 0.05) is 34.5 Å². The van der Waals surface area contributed by atoms with Crippen molar-refractivity contribution in [1.82, 2.24) is 30.1 Å². The third-order valence-electron chi connectivity index (χ3n) is 6.53. The number of nitrogens with one attached hydrogen (secondary N) is 3. The molecule has 7 aromatic rings. The molecule has 10 heteroatoms. The summed E-state index contributed by atoms with van der Waals surface area (Å²) in [6, 6.07) is 18.0. The van der Waals surface area contributed by atoms with E-state index in [-0.39, 0.29) is 5.52 Å². The van der Waals surface area contributed by atoms with Crippen LogP contribution in [0, 0.1) is 5.82 Å². The molecule has 9 nitrogen and oxygen atoms in total. The molecule has 0 aliphatic carbocycles. The topological polar surface area (TPSA) is 129 Å². The van der Waals surface area contributed by atoms with Crippen LogP contribution in [0.25, 0.3) is 55.8 Å². The zero-order chi connectivity index (χ0) is 26.3. The van der Waals surface area contributed by atoms with E-state index in [1.807, 2.05) is 54.6 Å². The van der Waals surface area contributed by atoms with Crippen LogP contribution in [-0.2, 0) is 0 Å². The van der Waals surface area contributed by atoms with E-state index in [2.05, 4.69) is 30.5 Å². The summed E-state index contributed by atoms with van der Waals surface area (Å²) in [6.07, 6.45) is 7.21. The van der Waals surface area contributed by atoms with Gasteiger partial charge in [-0.15, -0.1) is 0 Å². The number of aromatic nitrogens is 6. The van der Waals surface area contributed by atoms with Gasteiger partial charge < -0.3 is 19.8 Å². The van der Waals surface area contributed by atoms with Crippen molar-refractivity contribution in [3.63, 3.8) is 0 Å². The number of imidazole rings is 1. The van der Waals surface area contributed by atoms with E-state index in [0.29, 0.717) is 44.9 Å². The largest absolute Gasteiger partial charge is 0.472 e. The lowest BCUT2D eigenvalue weighted by Crippen LogP contribution is -2.09. The van der Waals surface area contributed by atoms with Crippen LogP contribution >= 0.6 is 0 Å². The fourth-order valence-corrected chi connectivity index (χ4v) is 4.64. The van der Waals surface area contributed by atoms with E-state index in [0.717, 1.165) is 16.6 Å². The Morgan fingerprint density at radius 2 is 1.85 bits per heavy atom. The second-order valence-corrected chi connectivity index (χ2v) is 9.03. The Morgan fingerprint density at radius 3 is 2.69 bits per heavy atom. The Labute approximate surface area is 220 Å². The molecule has 4 N–H and O–H groups in total. The molecule has 7 rings (SSSR count). The lowest BCUT2D eigenvalue weighted by atomic mass is 10.0. The van der Waals surface area contributed by atoms with Crippen LogP contribution in [0.5, 0.6) is 0 Å². The number of H-pyrrole nitrogens is 2. The van der Waals surface area contributed by atoms with Crippen molar-refractivity contribution in [3.05, 3.63) is 103 Å². The van der Waals surface area contributed by atoms with Crippen molar-refractivity contribution in [2.45, 2.75) is 6.23 Å². The first-order chi connectivity index (χ1) is 19.1. The van der Waals surface area contributed by atoms with Gasteiger partial charge in [0.05, 0.1) is 29.9 Å². The summed E-state index contributed by atoms with van der Waals surface area (Å²) < 4.78 is 20.5. The molecule has 1 unspecified atom stereocenters. The number of hydrogen-bond acceptors (Lipinski definition) is 7. The first kappa shape index (κ1) is 22.8. The van der Waals surface area contributed by atoms with E-state index in [9.17, 15) is 5.11 Å². The molecule has 2 aromatic carbocycles. The Hall–Kier alpha value is -5.35. The summed E-state index contributed by atoms with van der Waals surface area (Å²) in [7, 11) is 0. The maximum absolute atomic E-state index is 15.2. The van der Waals surface area contributed by atoms with Gasteiger partial charge in [-0.25, -0.2) is 9.37 Å². The van der Waals surface area contributed by atoms with Crippen LogP contribution in [0.4, 0.5) is 10.1 Å². The minimum absolute atomic E-state index is 0.198. The number of hydrogen-bond donors (Lipinski definition) is 4. The highest BCUT2D eigenvalue weighted by Crippen LogP contribution is 2.34. The van der Waals surface area contributed by atoms with Gasteiger partial charge in [0.1, 0.15) is 22.4 Å². The number of benzene rings is 2. The highest BCUT2D eigenvalue weighted by Gasteiger charge is 2.19. The predicted octanol–water partition coefficient (Wildman–Crippen LogP) is 6.07. The molecule has 5 aromatic heterocycles. The lowest BCUT2D eigenvalue weighted by Gasteiger charge is -2.15. The van der Waals surface area contributed by atoms with Gasteiger partial charge in [0.15, 0.2) is 17.9 Å². The molecule has 0 spiro atoms. The first-order valence-electron chi connectivity index (χ1n) is 12.1. The summed E-state index contributed by atoms with van der Waals surface area (Å²) in [4.78, 5) is 16.8. The van der Waals surface area contributed by atoms with E-state index in [1.165, 1.54) is 6.07 Å². The van der Waals surface area contributed by atoms with Crippen LogP contribution in [0.1, 0.15) is 11.8 Å². The second-order valence-electron chi connectivity index (χ2n) is 9.03. The van der Waals surface area contributed by atoms with Crippen molar-refractivity contribution < 1.29 is 13.9 Å². The Bertz CT molecular complexity index is 1930. The van der Waals surface area contributed by atoms with Crippen LogP contribution in [-0.4, -0.2) is 35.2 Å². The summed E-state index contributed by atoms with van der Waals surface area (Å²) in [5.41, 5.74) is 6.24. The molecule has 0 saturated carbocycles. The maximum atomic E-state index is 15.2. The van der Waals surface area contributed by atoms with E-state index in [1.54, 1.807) is 31.1 Å². The lowest BCUT2D eigenvalue weighted by molar-refractivity contribution is 0.208. The number of fused-ring (bicyclic) bond motifs is 2. The highest BCUT2D eigenvalue weighted by atomic mass is 19.1. The molecular formula is C29H20FN7O2. The highest BCUT2D eigenvalue weighted by molar-refractivity contribution is 5.97. The fourth-order valence-electron chi connectivity index (χ4n) is 4.64. The molecule has 39 heavy (non-hydrogen) atoms. The number of halogens is 1. The minimum Gasteiger partial charge on any atom is -0.472 e. The van der Waals surface area contributed by atoms with Crippen molar-refractivity contribution >= 4 is 27.6 Å². The molecule has 0 bridgehead atoms. The Balaban J connectivity index is 1.28. The number of rotatable bonds is 6. The number of nitrogens with zero attached hydrogens (tertiary/aromatic N) is 4. The molecule has 1 atom stereocenters. The molecule has 0 saturated heterocycles. The van der Waals surface area contributed by atoms with E-state index >= 15 is 4.39 Å². The monoisotopic (exact) mass is 517 g/mol. The molecule has 5 heterocycles. The average molecular weight is 518 g/mol. The van der Waals surface area contributed by atoms with E-state index < -0.39 is 12.0 Å². The fraction of sp³-hybridized carbons (Fsp3) is 0.0345. The maximum Gasteiger partial charge on any atom is 0.157 e. The van der Waals surface area contributed by atoms with E-state index in [4.69, 9.17) is 9.40 Å². The third-order valence-corrected chi connectivity index (χ3v) is 6.53. The van der Waals surface area contributed by atoms with Gasteiger partial charge in [0.25, 0.3) is 0 Å². The number of pyridine rings is 2. The summed E-state index contributed by atoms with van der Waals surface area (Å²) in [5, 5.41) is 21.3. The summed E-state index contributed by atoms with van der Waals surface area (Å²) >= 11 is 0.